The van der Waals surface area contributed by atoms with Crippen LogP contribution in [0.15, 0.2) is 18.2 Å². The Morgan fingerprint density at radius 3 is 3.14 bits per heavy atom. The minimum atomic E-state index is -0.371. The van der Waals surface area contributed by atoms with E-state index < -0.39 is 0 Å². The van der Waals surface area contributed by atoms with E-state index in [9.17, 15) is 14.3 Å². The van der Waals surface area contributed by atoms with Crippen LogP contribution in [0.2, 0.25) is 5.02 Å². The minimum Gasteiger partial charge on any atom is -0.394 e. The van der Waals surface area contributed by atoms with Crippen molar-refractivity contribution in [2.75, 3.05) is 26.4 Å². The van der Waals surface area contributed by atoms with Gasteiger partial charge in [0, 0.05) is 16.6 Å². The van der Waals surface area contributed by atoms with Crippen LogP contribution >= 0.6 is 22.9 Å². The molecule has 1 N–H and O–H groups in total. The van der Waals surface area contributed by atoms with Crippen LogP contribution in [0.4, 0.5) is 4.39 Å². The van der Waals surface area contributed by atoms with E-state index >= 15 is 0 Å². The summed E-state index contributed by atoms with van der Waals surface area (Å²) in [5.41, 5.74) is 0. The summed E-state index contributed by atoms with van der Waals surface area (Å²) in [5, 5.41) is 10.4. The number of carbonyl (C=O) groups is 1. The van der Waals surface area contributed by atoms with Crippen molar-refractivity contribution in [2.45, 2.75) is 6.04 Å². The maximum atomic E-state index is 13.3. The molecule has 7 heteroatoms. The van der Waals surface area contributed by atoms with E-state index in [1.54, 1.807) is 11.0 Å². The Hall–Kier alpha value is -1.21. The summed E-state index contributed by atoms with van der Waals surface area (Å²) in [6, 6.07) is 3.89. The van der Waals surface area contributed by atoms with Crippen LogP contribution in [0.3, 0.4) is 0 Å². The molecule has 1 unspecified atom stereocenters. The monoisotopic (exact) mass is 329 g/mol. The van der Waals surface area contributed by atoms with E-state index in [4.69, 9.17) is 16.3 Å². The van der Waals surface area contributed by atoms with Gasteiger partial charge in [0.15, 0.2) is 0 Å². The van der Waals surface area contributed by atoms with Crippen molar-refractivity contribution < 1.29 is 19.0 Å². The van der Waals surface area contributed by atoms with Gasteiger partial charge in [0.2, 0.25) is 0 Å². The fourth-order valence-electron chi connectivity index (χ4n) is 2.38. The average Bonchev–Trinajstić information content (AvgIpc) is 2.82. The highest BCUT2D eigenvalue weighted by atomic mass is 35.5. The molecule has 1 atom stereocenters. The van der Waals surface area contributed by atoms with Crippen molar-refractivity contribution in [3.05, 3.63) is 33.9 Å². The number of carbonyl (C=O) groups excluding carboxylic acids is 1. The minimum absolute atomic E-state index is 0.164. The molecule has 1 fully saturated rings. The number of thiophene rings is 1. The number of aliphatic hydroxyl groups excluding tert-OH is 1. The lowest BCUT2D eigenvalue weighted by atomic mass is 10.2. The van der Waals surface area contributed by atoms with E-state index in [1.807, 2.05) is 0 Å². The van der Waals surface area contributed by atoms with Crippen LogP contribution < -0.4 is 0 Å². The van der Waals surface area contributed by atoms with Crippen molar-refractivity contribution in [2.24, 2.45) is 0 Å². The van der Waals surface area contributed by atoms with Gasteiger partial charge in [-0.05, 0) is 18.2 Å². The molecule has 4 nitrogen and oxygen atoms in total. The maximum Gasteiger partial charge on any atom is 0.265 e. The van der Waals surface area contributed by atoms with Crippen molar-refractivity contribution in [1.82, 2.24) is 4.90 Å². The van der Waals surface area contributed by atoms with Gasteiger partial charge in [-0.1, -0.05) is 11.6 Å². The number of aliphatic hydroxyl groups is 1. The van der Waals surface area contributed by atoms with E-state index in [1.165, 1.54) is 23.5 Å². The normalized spacial score (nSPS) is 19.2. The van der Waals surface area contributed by atoms with E-state index in [-0.39, 0.29) is 24.4 Å². The van der Waals surface area contributed by atoms with Gasteiger partial charge < -0.3 is 14.7 Å². The van der Waals surface area contributed by atoms with Crippen LogP contribution in [0.5, 0.6) is 0 Å². The Morgan fingerprint density at radius 1 is 1.57 bits per heavy atom. The van der Waals surface area contributed by atoms with Crippen LogP contribution in [0.25, 0.3) is 10.1 Å². The zero-order valence-electron chi connectivity index (χ0n) is 11.0. The molecule has 112 valence electrons. The summed E-state index contributed by atoms with van der Waals surface area (Å²) in [4.78, 5) is 14.6. The number of halogens is 2. The number of ether oxygens (including phenoxy) is 1. The highest BCUT2D eigenvalue weighted by Gasteiger charge is 2.30. The van der Waals surface area contributed by atoms with Crippen molar-refractivity contribution in [3.63, 3.8) is 0 Å². The molecule has 0 spiro atoms. The first-order valence-corrected chi connectivity index (χ1v) is 7.68. The Morgan fingerprint density at radius 2 is 2.38 bits per heavy atom. The summed E-state index contributed by atoms with van der Waals surface area (Å²) in [5.74, 6) is -0.608. The number of nitrogens with zero attached hydrogens (tertiary/aromatic N) is 1. The number of rotatable bonds is 2. The molecule has 1 amide bonds. The van der Waals surface area contributed by atoms with Crippen LogP contribution in [0, 0.1) is 5.82 Å². The summed E-state index contributed by atoms with van der Waals surface area (Å²) in [6.07, 6.45) is 0. The van der Waals surface area contributed by atoms with Gasteiger partial charge in [0.25, 0.3) is 5.91 Å². The lowest BCUT2D eigenvalue weighted by molar-refractivity contribution is -0.0181. The van der Waals surface area contributed by atoms with Gasteiger partial charge >= 0.3 is 0 Å². The van der Waals surface area contributed by atoms with Gasteiger partial charge in [-0.3, -0.25) is 4.79 Å². The zero-order valence-corrected chi connectivity index (χ0v) is 12.6. The van der Waals surface area contributed by atoms with Crippen molar-refractivity contribution >= 4 is 38.9 Å². The molecular formula is C14H13ClFNO3S. The van der Waals surface area contributed by atoms with Crippen molar-refractivity contribution in [1.29, 1.82) is 0 Å². The molecule has 1 saturated heterocycles. The van der Waals surface area contributed by atoms with Crippen molar-refractivity contribution in [3.8, 4) is 0 Å². The highest BCUT2D eigenvalue weighted by Crippen LogP contribution is 2.36. The molecule has 1 aliphatic rings. The first kappa shape index (κ1) is 14.7. The SMILES string of the molecule is O=C(c1sc2cc(F)ccc2c1Cl)N1CCOCC1CO. The number of hydrogen-bond acceptors (Lipinski definition) is 4. The van der Waals surface area contributed by atoms with Crippen LogP contribution in [0.1, 0.15) is 9.67 Å². The second-order valence-corrected chi connectivity index (χ2v) is 6.23. The molecule has 1 aromatic carbocycles. The standard InChI is InChI=1S/C14H13ClFNO3S/c15-12-10-2-1-8(16)5-11(10)21-13(12)14(19)17-3-4-20-7-9(17)6-18/h1-2,5,9,18H,3-4,6-7H2. The third-order valence-corrected chi connectivity index (χ3v) is 5.13. The molecule has 1 aliphatic heterocycles. The molecule has 3 rings (SSSR count). The maximum absolute atomic E-state index is 13.3. The second-order valence-electron chi connectivity index (χ2n) is 4.80. The number of morpholine rings is 1. The molecule has 1 aromatic heterocycles. The molecular weight excluding hydrogens is 317 g/mol. The smallest absolute Gasteiger partial charge is 0.265 e. The predicted octanol–water partition coefficient (Wildman–Crippen LogP) is 2.53. The molecule has 0 saturated carbocycles. The van der Waals surface area contributed by atoms with Gasteiger partial charge in [-0.25, -0.2) is 4.39 Å². The van der Waals surface area contributed by atoms with Crippen LogP contribution in [-0.4, -0.2) is 48.3 Å². The molecule has 2 aromatic rings. The summed E-state index contributed by atoms with van der Waals surface area (Å²) >= 11 is 7.43. The lowest BCUT2D eigenvalue weighted by Crippen LogP contribution is -2.50. The quantitative estimate of drug-likeness (QED) is 0.921. The van der Waals surface area contributed by atoms with Gasteiger partial charge in [0.1, 0.15) is 10.7 Å². The number of amides is 1. The largest absolute Gasteiger partial charge is 0.394 e. The third-order valence-electron chi connectivity index (χ3n) is 3.48. The first-order chi connectivity index (χ1) is 10.1. The summed E-state index contributed by atoms with van der Waals surface area (Å²) in [7, 11) is 0. The summed E-state index contributed by atoms with van der Waals surface area (Å²) < 4.78 is 19.2. The Labute approximate surface area is 129 Å². The second kappa shape index (κ2) is 5.88. The number of benzene rings is 1. The molecule has 2 heterocycles. The topological polar surface area (TPSA) is 49.8 Å². The Balaban J connectivity index is 1.99. The molecule has 21 heavy (non-hydrogen) atoms. The predicted molar refractivity (Wildman–Crippen MR) is 79.5 cm³/mol. The number of fused-ring (bicyclic) bond motifs is 1. The van der Waals surface area contributed by atoms with E-state index in [0.717, 1.165) is 0 Å². The average molecular weight is 330 g/mol. The van der Waals surface area contributed by atoms with Gasteiger partial charge in [-0.2, -0.15) is 0 Å². The Bertz CT molecular complexity index is 690. The zero-order chi connectivity index (χ0) is 15.0. The first-order valence-electron chi connectivity index (χ1n) is 6.49. The molecule has 0 aliphatic carbocycles. The van der Waals surface area contributed by atoms with Gasteiger partial charge in [0.05, 0.1) is 30.9 Å². The Kier molecular flexibility index (Phi) is 4.12. The lowest BCUT2D eigenvalue weighted by Gasteiger charge is -2.34. The number of hydrogen-bond donors (Lipinski definition) is 1. The van der Waals surface area contributed by atoms with Gasteiger partial charge in [-0.15, -0.1) is 11.3 Å². The summed E-state index contributed by atoms with van der Waals surface area (Å²) in [6.45, 7) is 0.977. The van der Waals surface area contributed by atoms with Crippen LogP contribution in [-0.2, 0) is 4.74 Å². The highest BCUT2D eigenvalue weighted by molar-refractivity contribution is 7.21. The van der Waals surface area contributed by atoms with E-state index in [2.05, 4.69) is 0 Å². The van der Waals surface area contributed by atoms with E-state index in [0.29, 0.717) is 39.7 Å². The third kappa shape index (κ3) is 2.64. The molecule has 0 bridgehead atoms. The fourth-order valence-corrected chi connectivity index (χ4v) is 3.87. The molecule has 0 radical (unpaired) electrons. The fraction of sp³-hybridized carbons (Fsp3) is 0.357.